The van der Waals surface area contributed by atoms with Gasteiger partial charge in [0.25, 0.3) is 11.6 Å². The number of nitrogens with one attached hydrogen (secondary N) is 1. The van der Waals surface area contributed by atoms with E-state index in [1.165, 1.54) is 18.2 Å². The maximum absolute atomic E-state index is 14.6. The van der Waals surface area contributed by atoms with Crippen molar-refractivity contribution in [3.63, 3.8) is 0 Å². The molecule has 32 heavy (non-hydrogen) atoms. The number of hydrogen-bond acceptors (Lipinski definition) is 6. The fourth-order valence-electron chi connectivity index (χ4n) is 3.74. The van der Waals surface area contributed by atoms with Crippen molar-refractivity contribution in [3.05, 3.63) is 87.7 Å². The Labute approximate surface area is 183 Å². The lowest BCUT2D eigenvalue weighted by Gasteiger charge is -2.28. The smallest absolute Gasteiger partial charge is 0.293 e. The summed E-state index contributed by atoms with van der Waals surface area (Å²) in [6.07, 6.45) is 3.24. The number of nitro benzene ring substituents is 1. The van der Waals surface area contributed by atoms with E-state index >= 15 is 0 Å². The molecule has 1 saturated heterocycles. The van der Waals surface area contributed by atoms with E-state index in [4.69, 9.17) is 4.74 Å². The Morgan fingerprint density at radius 3 is 2.66 bits per heavy atom. The van der Waals surface area contributed by atoms with Gasteiger partial charge < -0.3 is 19.5 Å². The fraction of sp³-hybridized carbons (Fsp3) is 0.273. The van der Waals surface area contributed by atoms with Crippen LogP contribution in [-0.4, -0.2) is 46.7 Å². The predicted octanol–water partition coefficient (Wildman–Crippen LogP) is 2.82. The number of amides is 1. The summed E-state index contributed by atoms with van der Waals surface area (Å²) in [5.74, 6) is -0.629. The second-order valence-electron chi connectivity index (χ2n) is 7.38. The Balaban J connectivity index is 1.66. The molecule has 0 spiro atoms. The number of benzene rings is 2. The molecule has 2 aromatic carbocycles. The summed E-state index contributed by atoms with van der Waals surface area (Å²) in [4.78, 5) is 30.4. The van der Waals surface area contributed by atoms with Crippen LogP contribution < -0.4 is 10.2 Å². The molecular formula is C22H22FN5O4. The zero-order valence-electron chi connectivity index (χ0n) is 17.4. The maximum Gasteiger partial charge on any atom is 0.293 e. The highest BCUT2D eigenvalue weighted by atomic mass is 19.1. The lowest BCUT2D eigenvalue weighted by Crippen LogP contribution is -2.36. The molecule has 1 atom stereocenters. The summed E-state index contributed by atoms with van der Waals surface area (Å²) in [6, 6.07) is 9.57. The van der Waals surface area contributed by atoms with Gasteiger partial charge in [0.05, 0.1) is 18.1 Å². The molecule has 1 fully saturated rings. The van der Waals surface area contributed by atoms with Gasteiger partial charge in [0.15, 0.2) is 0 Å². The molecule has 1 N–H and O–H groups in total. The highest BCUT2D eigenvalue weighted by molar-refractivity contribution is 5.96. The van der Waals surface area contributed by atoms with E-state index in [0.717, 1.165) is 0 Å². The average Bonchev–Trinajstić information content (AvgIpc) is 3.23. The number of morpholine rings is 1. The minimum absolute atomic E-state index is 0.101. The maximum atomic E-state index is 14.6. The van der Waals surface area contributed by atoms with Crippen molar-refractivity contribution < 1.29 is 18.8 Å². The largest absolute Gasteiger partial charge is 0.378 e. The minimum Gasteiger partial charge on any atom is -0.378 e. The third kappa shape index (κ3) is 4.30. The van der Waals surface area contributed by atoms with Crippen LogP contribution in [0.5, 0.6) is 0 Å². The van der Waals surface area contributed by atoms with Crippen LogP contribution >= 0.6 is 0 Å². The number of nitrogens with zero attached hydrogens (tertiary/aromatic N) is 4. The van der Waals surface area contributed by atoms with E-state index in [1.807, 2.05) is 4.90 Å². The second kappa shape index (κ2) is 9.15. The standard InChI is InChI=1S/C22H22FN5O4/c1-26-9-8-24-21(26)20(16-4-2-3-5-17(16)23)25-22(29)15-6-7-18(19(14-15)28(30)31)27-10-12-32-13-11-27/h2-9,14,20H,10-13H2,1H3,(H,25,29). The van der Waals surface area contributed by atoms with Crippen LogP contribution in [0.2, 0.25) is 0 Å². The molecule has 0 bridgehead atoms. The highest BCUT2D eigenvalue weighted by Crippen LogP contribution is 2.30. The number of imidazole rings is 1. The number of nitro groups is 1. The van der Waals surface area contributed by atoms with E-state index in [9.17, 15) is 19.3 Å². The zero-order valence-corrected chi connectivity index (χ0v) is 17.4. The lowest BCUT2D eigenvalue weighted by atomic mass is 10.0. The van der Waals surface area contributed by atoms with Crippen molar-refractivity contribution in [1.29, 1.82) is 0 Å². The number of aromatic nitrogens is 2. The topological polar surface area (TPSA) is 103 Å². The number of rotatable bonds is 6. The molecule has 1 aliphatic rings. The minimum atomic E-state index is -0.873. The first-order valence-electron chi connectivity index (χ1n) is 10.1. The van der Waals surface area contributed by atoms with Gasteiger partial charge in [-0.3, -0.25) is 14.9 Å². The molecule has 9 nitrogen and oxygen atoms in total. The van der Waals surface area contributed by atoms with Crippen LogP contribution in [0.15, 0.2) is 54.9 Å². The van der Waals surface area contributed by atoms with Gasteiger partial charge in [-0.15, -0.1) is 0 Å². The molecule has 0 radical (unpaired) electrons. The van der Waals surface area contributed by atoms with Gasteiger partial charge >= 0.3 is 0 Å². The monoisotopic (exact) mass is 439 g/mol. The van der Waals surface area contributed by atoms with Crippen LogP contribution in [-0.2, 0) is 11.8 Å². The molecule has 1 amide bonds. The average molecular weight is 439 g/mol. The van der Waals surface area contributed by atoms with Gasteiger partial charge in [-0.1, -0.05) is 18.2 Å². The van der Waals surface area contributed by atoms with E-state index in [1.54, 1.807) is 48.3 Å². The fourth-order valence-corrected chi connectivity index (χ4v) is 3.74. The molecule has 1 unspecified atom stereocenters. The molecule has 166 valence electrons. The predicted molar refractivity (Wildman–Crippen MR) is 115 cm³/mol. The Kier molecular flexibility index (Phi) is 6.13. The molecule has 0 aliphatic carbocycles. The van der Waals surface area contributed by atoms with E-state index in [-0.39, 0.29) is 16.8 Å². The van der Waals surface area contributed by atoms with Gasteiger partial charge in [0.1, 0.15) is 23.4 Å². The molecule has 1 aromatic heterocycles. The normalized spacial score (nSPS) is 14.8. The van der Waals surface area contributed by atoms with Crippen molar-refractivity contribution in [2.45, 2.75) is 6.04 Å². The number of halogens is 1. The quantitative estimate of drug-likeness (QED) is 0.468. The van der Waals surface area contributed by atoms with Crippen molar-refractivity contribution in [1.82, 2.24) is 14.9 Å². The van der Waals surface area contributed by atoms with Gasteiger partial charge in [0, 0.05) is 49.7 Å². The third-order valence-corrected chi connectivity index (χ3v) is 5.39. The van der Waals surface area contributed by atoms with E-state index in [0.29, 0.717) is 37.8 Å². The second-order valence-corrected chi connectivity index (χ2v) is 7.38. The van der Waals surface area contributed by atoms with E-state index < -0.39 is 22.7 Å². The summed E-state index contributed by atoms with van der Waals surface area (Å²) in [6.45, 7) is 2.02. The number of ether oxygens (including phenoxy) is 1. The molecule has 10 heteroatoms. The Hall–Kier alpha value is -3.79. The summed E-state index contributed by atoms with van der Waals surface area (Å²) in [5, 5.41) is 14.5. The summed E-state index contributed by atoms with van der Waals surface area (Å²) >= 11 is 0. The zero-order chi connectivity index (χ0) is 22.7. The van der Waals surface area contributed by atoms with Gasteiger partial charge in [-0.25, -0.2) is 9.37 Å². The number of carbonyl (C=O) groups excluding carboxylic acids is 1. The van der Waals surface area contributed by atoms with Crippen LogP contribution in [0.25, 0.3) is 0 Å². The van der Waals surface area contributed by atoms with Gasteiger partial charge in [-0.2, -0.15) is 0 Å². The van der Waals surface area contributed by atoms with Crippen molar-refractivity contribution in [3.8, 4) is 0 Å². The van der Waals surface area contributed by atoms with Crippen LogP contribution in [0.4, 0.5) is 15.8 Å². The van der Waals surface area contributed by atoms with Crippen LogP contribution in [0.1, 0.15) is 27.8 Å². The van der Waals surface area contributed by atoms with Crippen molar-refractivity contribution in [2.75, 3.05) is 31.2 Å². The number of anilines is 1. The highest BCUT2D eigenvalue weighted by Gasteiger charge is 2.27. The molecule has 4 rings (SSSR count). The Morgan fingerprint density at radius 1 is 1.25 bits per heavy atom. The van der Waals surface area contributed by atoms with Gasteiger partial charge in [-0.05, 0) is 18.2 Å². The summed E-state index contributed by atoms with van der Waals surface area (Å²) in [7, 11) is 1.74. The van der Waals surface area contributed by atoms with Crippen LogP contribution in [0.3, 0.4) is 0 Å². The molecule has 1 aliphatic heterocycles. The summed E-state index contributed by atoms with van der Waals surface area (Å²) < 4.78 is 21.5. The first-order chi connectivity index (χ1) is 15.5. The number of aryl methyl sites for hydroxylation is 1. The summed E-state index contributed by atoms with van der Waals surface area (Å²) in [5.41, 5.74) is 0.613. The third-order valence-electron chi connectivity index (χ3n) is 5.39. The number of hydrogen-bond donors (Lipinski definition) is 1. The first kappa shape index (κ1) is 21.4. The van der Waals surface area contributed by atoms with Crippen molar-refractivity contribution >= 4 is 17.3 Å². The number of carbonyl (C=O) groups is 1. The van der Waals surface area contributed by atoms with Gasteiger partial charge in [0.2, 0.25) is 0 Å². The van der Waals surface area contributed by atoms with Crippen molar-refractivity contribution in [2.24, 2.45) is 7.05 Å². The van der Waals surface area contributed by atoms with Crippen LogP contribution in [0, 0.1) is 15.9 Å². The molecular weight excluding hydrogens is 417 g/mol. The molecule has 3 aromatic rings. The molecule has 0 saturated carbocycles. The van der Waals surface area contributed by atoms with E-state index in [2.05, 4.69) is 10.3 Å². The first-order valence-corrected chi connectivity index (χ1v) is 10.1. The Bertz CT molecular complexity index is 1140. The lowest BCUT2D eigenvalue weighted by molar-refractivity contribution is -0.384. The molecule has 2 heterocycles. The SMILES string of the molecule is Cn1ccnc1C(NC(=O)c1ccc(N2CCOCC2)c([N+](=O)[O-])c1)c1ccccc1F. The Morgan fingerprint density at radius 2 is 2.00 bits per heavy atom.